The van der Waals surface area contributed by atoms with Gasteiger partial charge in [-0.25, -0.2) is 18.4 Å². The minimum absolute atomic E-state index is 0.204. The molecule has 0 unspecified atom stereocenters. The highest BCUT2D eigenvalue weighted by Crippen LogP contribution is 2.53. The number of ether oxygens (including phenoxy) is 1. The Kier molecular flexibility index (Phi) is 4.51. The summed E-state index contributed by atoms with van der Waals surface area (Å²) in [6, 6.07) is 9.33. The first-order valence-electron chi connectivity index (χ1n) is 10.3. The SMILES string of the molecule is Nc1ccc(-c2nc(N3CCOCC3)cc(C3(S(=O)(=O)C4CC4)CCC3)n2)cc1. The average molecular weight is 415 g/mol. The summed E-state index contributed by atoms with van der Waals surface area (Å²) in [7, 11) is -3.25. The number of rotatable bonds is 5. The molecule has 2 saturated carbocycles. The highest BCUT2D eigenvalue weighted by Gasteiger charge is 2.57. The van der Waals surface area contributed by atoms with Crippen molar-refractivity contribution in [2.45, 2.75) is 42.1 Å². The second kappa shape index (κ2) is 6.95. The van der Waals surface area contributed by atoms with Gasteiger partial charge in [0.15, 0.2) is 15.7 Å². The number of hydrogen-bond acceptors (Lipinski definition) is 7. The molecule has 0 bridgehead atoms. The quantitative estimate of drug-likeness (QED) is 0.751. The summed E-state index contributed by atoms with van der Waals surface area (Å²) in [6.07, 6.45) is 3.76. The molecule has 2 aromatic rings. The molecule has 29 heavy (non-hydrogen) atoms. The van der Waals surface area contributed by atoms with Gasteiger partial charge in [-0.3, -0.25) is 0 Å². The normalized spacial score (nSPS) is 21.6. The third-order valence-electron chi connectivity index (χ3n) is 6.35. The van der Waals surface area contributed by atoms with Crippen molar-refractivity contribution >= 4 is 21.3 Å². The standard InChI is InChI=1S/C21H26N4O3S/c22-16-4-2-15(3-5-16)20-23-18(14-19(24-20)25-10-12-28-13-11-25)21(8-1-9-21)29(26,27)17-6-7-17/h2-5,14,17H,1,6-13,22H2. The Morgan fingerprint density at radius 3 is 2.34 bits per heavy atom. The summed E-state index contributed by atoms with van der Waals surface area (Å²) in [5.74, 6) is 1.34. The first kappa shape index (κ1) is 18.8. The van der Waals surface area contributed by atoms with Crippen molar-refractivity contribution in [1.29, 1.82) is 0 Å². The van der Waals surface area contributed by atoms with E-state index in [1.54, 1.807) is 0 Å². The van der Waals surface area contributed by atoms with Crippen LogP contribution in [0.2, 0.25) is 0 Å². The number of sulfone groups is 1. The Morgan fingerprint density at radius 2 is 1.76 bits per heavy atom. The third kappa shape index (κ3) is 3.18. The van der Waals surface area contributed by atoms with Crippen molar-refractivity contribution in [2.24, 2.45) is 0 Å². The predicted molar refractivity (Wildman–Crippen MR) is 112 cm³/mol. The fourth-order valence-electron chi connectivity index (χ4n) is 4.27. The summed E-state index contributed by atoms with van der Waals surface area (Å²) in [4.78, 5) is 11.8. The van der Waals surface area contributed by atoms with E-state index >= 15 is 0 Å². The van der Waals surface area contributed by atoms with Crippen LogP contribution in [-0.4, -0.2) is 49.9 Å². The van der Waals surface area contributed by atoms with E-state index in [0.717, 1.165) is 43.7 Å². The maximum absolute atomic E-state index is 13.4. The summed E-state index contributed by atoms with van der Waals surface area (Å²) in [5, 5.41) is -0.204. The Labute approximate surface area is 171 Å². The van der Waals surface area contributed by atoms with E-state index in [9.17, 15) is 8.42 Å². The molecule has 2 aliphatic carbocycles. The van der Waals surface area contributed by atoms with Gasteiger partial charge in [0.1, 0.15) is 10.6 Å². The van der Waals surface area contributed by atoms with Gasteiger partial charge in [-0.15, -0.1) is 0 Å². The van der Waals surface area contributed by atoms with Gasteiger partial charge in [0.2, 0.25) is 0 Å². The zero-order chi connectivity index (χ0) is 20.1. The number of nitrogens with zero attached hydrogens (tertiary/aromatic N) is 3. The van der Waals surface area contributed by atoms with Gasteiger partial charge < -0.3 is 15.4 Å². The van der Waals surface area contributed by atoms with Gasteiger partial charge in [-0.1, -0.05) is 0 Å². The molecule has 0 radical (unpaired) electrons. The Morgan fingerprint density at radius 1 is 1.07 bits per heavy atom. The van der Waals surface area contributed by atoms with Crippen molar-refractivity contribution in [2.75, 3.05) is 36.9 Å². The lowest BCUT2D eigenvalue weighted by molar-refractivity contribution is 0.122. The Balaban J connectivity index is 1.64. The number of benzene rings is 1. The molecule has 3 aliphatic rings. The van der Waals surface area contributed by atoms with Crippen LogP contribution in [0.25, 0.3) is 11.4 Å². The van der Waals surface area contributed by atoms with Crippen molar-refractivity contribution in [1.82, 2.24) is 9.97 Å². The zero-order valence-electron chi connectivity index (χ0n) is 16.4. The first-order valence-corrected chi connectivity index (χ1v) is 11.9. The van der Waals surface area contributed by atoms with Gasteiger partial charge >= 0.3 is 0 Å². The molecule has 8 heteroatoms. The highest BCUT2D eigenvalue weighted by atomic mass is 32.2. The van der Waals surface area contributed by atoms with Gasteiger partial charge in [-0.05, 0) is 56.4 Å². The Hall–Kier alpha value is -2.19. The molecule has 1 saturated heterocycles. The fraction of sp³-hybridized carbons (Fsp3) is 0.524. The van der Waals surface area contributed by atoms with Crippen molar-refractivity contribution in [3.05, 3.63) is 36.0 Å². The molecule has 1 aliphatic heterocycles. The molecule has 5 rings (SSSR count). The van der Waals surface area contributed by atoms with E-state index in [2.05, 4.69) is 4.90 Å². The molecule has 2 heterocycles. The number of nitrogens with two attached hydrogens (primary N) is 1. The number of morpholine rings is 1. The largest absolute Gasteiger partial charge is 0.399 e. The van der Waals surface area contributed by atoms with Crippen molar-refractivity contribution < 1.29 is 13.2 Å². The molecule has 0 amide bonds. The number of nitrogen functional groups attached to an aromatic ring is 1. The predicted octanol–water partition coefficient (Wildman–Crippen LogP) is 2.52. The molecule has 154 valence electrons. The van der Waals surface area contributed by atoms with Crippen LogP contribution in [0.4, 0.5) is 11.5 Å². The second-order valence-electron chi connectivity index (χ2n) is 8.25. The van der Waals surface area contributed by atoms with Crippen LogP contribution in [0.1, 0.15) is 37.8 Å². The van der Waals surface area contributed by atoms with E-state index in [0.29, 0.717) is 43.3 Å². The molecular weight excluding hydrogens is 388 g/mol. The van der Waals surface area contributed by atoms with Crippen molar-refractivity contribution in [3.8, 4) is 11.4 Å². The van der Waals surface area contributed by atoms with E-state index in [4.69, 9.17) is 20.4 Å². The summed E-state index contributed by atoms with van der Waals surface area (Å²) in [6.45, 7) is 2.75. The van der Waals surface area contributed by atoms with Gasteiger partial charge in [0.05, 0.1) is 24.2 Å². The number of hydrogen-bond donors (Lipinski definition) is 1. The Bertz CT molecular complexity index is 1010. The summed E-state index contributed by atoms with van der Waals surface area (Å²) in [5.41, 5.74) is 8.00. The van der Waals surface area contributed by atoms with Crippen LogP contribution in [-0.2, 0) is 19.3 Å². The van der Waals surface area contributed by atoms with Crippen LogP contribution in [0.5, 0.6) is 0 Å². The molecule has 1 aromatic carbocycles. The number of anilines is 2. The lowest BCUT2D eigenvalue weighted by atomic mass is 9.81. The minimum atomic E-state index is -3.25. The van der Waals surface area contributed by atoms with Gasteiger partial charge in [-0.2, -0.15) is 0 Å². The number of aromatic nitrogens is 2. The lowest BCUT2D eigenvalue weighted by Crippen LogP contribution is -2.45. The molecule has 0 spiro atoms. The van der Waals surface area contributed by atoms with E-state index in [1.165, 1.54) is 0 Å². The molecule has 1 aromatic heterocycles. The van der Waals surface area contributed by atoms with Crippen LogP contribution in [0.15, 0.2) is 30.3 Å². The van der Waals surface area contributed by atoms with Crippen LogP contribution in [0, 0.1) is 0 Å². The van der Waals surface area contributed by atoms with Crippen LogP contribution < -0.4 is 10.6 Å². The maximum atomic E-state index is 13.4. The first-order chi connectivity index (χ1) is 14.0. The average Bonchev–Trinajstić information content (AvgIpc) is 3.54. The fourth-order valence-corrected chi connectivity index (χ4v) is 6.91. The highest BCUT2D eigenvalue weighted by molar-refractivity contribution is 7.93. The smallest absolute Gasteiger partial charge is 0.164 e. The monoisotopic (exact) mass is 414 g/mol. The van der Waals surface area contributed by atoms with Gasteiger partial charge in [0.25, 0.3) is 0 Å². The van der Waals surface area contributed by atoms with Gasteiger partial charge in [0, 0.05) is 30.4 Å². The maximum Gasteiger partial charge on any atom is 0.164 e. The topological polar surface area (TPSA) is 98.4 Å². The van der Waals surface area contributed by atoms with Crippen molar-refractivity contribution in [3.63, 3.8) is 0 Å². The lowest BCUT2D eigenvalue weighted by Gasteiger charge is -2.41. The summed E-state index contributed by atoms with van der Waals surface area (Å²) < 4.78 is 31.4. The third-order valence-corrected chi connectivity index (χ3v) is 9.41. The zero-order valence-corrected chi connectivity index (χ0v) is 17.2. The minimum Gasteiger partial charge on any atom is -0.399 e. The molecule has 2 N–H and O–H groups in total. The molecule has 7 nitrogen and oxygen atoms in total. The molecule has 0 atom stereocenters. The molecular formula is C21H26N4O3S. The van der Waals surface area contributed by atoms with Crippen LogP contribution >= 0.6 is 0 Å². The van der Waals surface area contributed by atoms with E-state index in [1.807, 2.05) is 30.3 Å². The van der Waals surface area contributed by atoms with E-state index < -0.39 is 14.6 Å². The molecule has 3 fully saturated rings. The van der Waals surface area contributed by atoms with Crippen LogP contribution in [0.3, 0.4) is 0 Å². The summed E-state index contributed by atoms with van der Waals surface area (Å²) >= 11 is 0. The van der Waals surface area contributed by atoms with E-state index in [-0.39, 0.29) is 5.25 Å². The second-order valence-corrected chi connectivity index (χ2v) is 10.8.